The Hall–Kier alpha value is -4.43. The third kappa shape index (κ3) is 4.79. The van der Waals surface area contributed by atoms with Gasteiger partial charge in [0.25, 0.3) is 5.91 Å². The van der Waals surface area contributed by atoms with Crippen LogP contribution >= 0.6 is 0 Å². The Morgan fingerprint density at radius 1 is 1.07 bits per heavy atom. The lowest BCUT2D eigenvalue weighted by atomic mass is 9.47. The first-order valence-corrected chi connectivity index (χ1v) is 20.3. The number of aliphatic hydroxyl groups is 3. The first-order valence-electron chi connectivity index (χ1n) is 20.3. The van der Waals surface area contributed by atoms with E-state index in [2.05, 4.69) is 36.9 Å². The van der Waals surface area contributed by atoms with Gasteiger partial charge in [-0.2, -0.15) is 0 Å². The summed E-state index contributed by atoms with van der Waals surface area (Å²) in [4.78, 5) is 42.4. The molecule has 4 unspecified atom stereocenters. The number of fused-ring (bicyclic) bond motifs is 6. The van der Waals surface area contributed by atoms with Crippen LogP contribution in [0.5, 0.6) is 5.75 Å². The molecule has 4 N–H and O–H groups in total. The van der Waals surface area contributed by atoms with Gasteiger partial charge in [0, 0.05) is 88.9 Å². The predicted molar refractivity (Wildman–Crippen MR) is 213 cm³/mol. The largest absolute Gasteiger partial charge is 0.496 e. The lowest BCUT2D eigenvalue weighted by Gasteiger charge is -2.63. The molecule has 1 aliphatic carbocycles. The normalized spacial score (nSPS) is 37.8. The van der Waals surface area contributed by atoms with Crippen LogP contribution < -0.4 is 9.64 Å². The Morgan fingerprint density at radius 3 is 2.58 bits per heavy atom. The fraction of sp³-hybridized carbons (Fsp3) is 0.581. The van der Waals surface area contributed by atoms with Crippen LogP contribution in [0.1, 0.15) is 68.3 Å². The second kappa shape index (κ2) is 13.0. The number of hydrogen-bond acceptors (Lipinski definition) is 10. The van der Waals surface area contributed by atoms with E-state index in [-0.39, 0.29) is 12.0 Å². The molecule has 6 aliphatic rings. The third-order valence-electron chi connectivity index (χ3n) is 15.3. The van der Waals surface area contributed by atoms with E-state index in [0.29, 0.717) is 88.2 Å². The highest BCUT2D eigenvalue weighted by molar-refractivity contribution is 5.95. The molecular formula is C43H53N7O7. The number of hydrogen-bond donors (Lipinski definition) is 4. The molecule has 1 saturated carbocycles. The molecule has 2 bridgehead atoms. The Morgan fingerprint density at radius 2 is 1.86 bits per heavy atom. The zero-order chi connectivity index (χ0) is 40.3. The van der Waals surface area contributed by atoms with Crippen LogP contribution in [0, 0.1) is 11.3 Å². The Bertz CT molecular complexity index is 2250. The van der Waals surface area contributed by atoms with Crippen LogP contribution in [0.25, 0.3) is 21.3 Å². The molecule has 3 fully saturated rings. The zero-order valence-corrected chi connectivity index (χ0v) is 33.4. The lowest BCUT2D eigenvalue weighted by Crippen LogP contribution is -2.80. The number of esters is 1. The highest BCUT2D eigenvalue weighted by Gasteiger charge is 2.78. The molecule has 2 saturated heterocycles. The number of aromatic nitrogens is 1. The van der Waals surface area contributed by atoms with E-state index < -0.39 is 51.5 Å². The van der Waals surface area contributed by atoms with Crippen LogP contribution in [0.3, 0.4) is 0 Å². The molecule has 1 aromatic heterocycles. The van der Waals surface area contributed by atoms with Gasteiger partial charge in [0.15, 0.2) is 5.60 Å². The van der Waals surface area contributed by atoms with E-state index in [1.54, 1.807) is 14.2 Å². The molecular weight excluding hydrogens is 727 g/mol. The molecule has 57 heavy (non-hydrogen) atoms. The van der Waals surface area contributed by atoms with E-state index in [1.165, 1.54) is 7.11 Å². The second-order valence-electron chi connectivity index (χ2n) is 17.6. The monoisotopic (exact) mass is 779 g/mol. The number of para-hydroxylation sites is 1. The van der Waals surface area contributed by atoms with Crippen molar-refractivity contribution in [2.75, 3.05) is 58.9 Å². The molecule has 14 heteroatoms. The maximum atomic E-state index is 15.2. The number of benzene rings is 2. The van der Waals surface area contributed by atoms with Crippen LogP contribution in [0.15, 0.2) is 53.7 Å². The summed E-state index contributed by atoms with van der Waals surface area (Å²) in [6, 6.07) is 10.6. The number of amides is 1. The van der Waals surface area contributed by atoms with Crippen LogP contribution in [-0.2, 0) is 31.6 Å². The topological polar surface area (TPSA) is 188 Å². The number of nitrogens with one attached hydrogen (secondary N) is 1. The van der Waals surface area contributed by atoms with Crippen molar-refractivity contribution in [1.82, 2.24) is 14.8 Å². The fourth-order valence-corrected chi connectivity index (χ4v) is 13.1. The van der Waals surface area contributed by atoms with Gasteiger partial charge in [0.1, 0.15) is 17.3 Å². The van der Waals surface area contributed by atoms with Crippen LogP contribution in [0.4, 0.5) is 5.69 Å². The average molecular weight is 780 g/mol. The summed E-state index contributed by atoms with van der Waals surface area (Å²) in [7, 11) is 4.79. The smallest absolute Gasteiger partial charge is 0.322 e. The average Bonchev–Trinajstić information content (AvgIpc) is 3.88. The summed E-state index contributed by atoms with van der Waals surface area (Å²) >= 11 is 0. The number of piperidine rings is 1. The number of aliphatic hydroxyl groups excluding tert-OH is 1. The van der Waals surface area contributed by atoms with Gasteiger partial charge >= 0.3 is 5.97 Å². The molecule has 5 aliphatic heterocycles. The molecule has 6 heterocycles. The molecule has 14 nitrogen and oxygen atoms in total. The standard InChI is InChI=1S/C43H53N7O7/c1-6-39(54)21-25-22-42(38(53)57-5,33-27(13-17-49(23-25)24-39)26-11-8-9-12-30(26)45-33)29-19-28-31(20-32(29)56-4)48(3)35-41(28)15-18-50-16-10-14-40(7-2,34(41)50)36(51)43(35,55)37(52)46-47-44/h8-12,14,19-20,25,34-36,45,51,54-55H,6-7,13,15-18,21-24H2,1-5H3/t25?,34-,35+,36+,39-,40+,41?,42-,43?/m0/s1. The van der Waals surface area contributed by atoms with E-state index in [4.69, 9.17) is 9.47 Å². The van der Waals surface area contributed by atoms with Crippen molar-refractivity contribution in [2.45, 2.75) is 92.6 Å². The number of carbonyl (C=O) groups excluding carboxylic acids is 2. The van der Waals surface area contributed by atoms with Crippen molar-refractivity contribution in [3.8, 4) is 5.75 Å². The first-order chi connectivity index (χ1) is 27.3. The second-order valence-corrected chi connectivity index (χ2v) is 17.6. The van der Waals surface area contributed by atoms with E-state index in [0.717, 1.165) is 27.7 Å². The minimum atomic E-state index is -2.49. The number of azide groups is 1. The number of carbonyl (C=O) groups is 2. The fourth-order valence-electron chi connectivity index (χ4n) is 13.1. The molecule has 0 radical (unpaired) electrons. The highest BCUT2D eigenvalue weighted by Crippen LogP contribution is 2.67. The first kappa shape index (κ1) is 38.1. The molecule has 1 amide bonds. The number of ether oxygens (including phenoxy) is 2. The summed E-state index contributed by atoms with van der Waals surface area (Å²) in [6.07, 6.45) is 5.30. The number of H-pyrrole nitrogens is 1. The number of rotatable bonds is 6. The molecule has 1 spiro atoms. The molecule has 3 aromatic rings. The van der Waals surface area contributed by atoms with Gasteiger partial charge in [-0.05, 0) is 84.9 Å². The summed E-state index contributed by atoms with van der Waals surface area (Å²) in [6.45, 7) is 7.16. The molecule has 9 rings (SSSR count). The molecule has 302 valence electrons. The highest BCUT2D eigenvalue weighted by atomic mass is 16.5. The number of aromatic amines is 1. The third-order valence-corrected chi connectivity index (χ3v) is 15.3. The van der Waals surface area contributed by atoms with Crippen LogP contribution in [0.2, 0.25) is 0 Å². The SMILES string of the molecule is CC[C@]1(O)CC2CN(CCc3c([nH]c4ccccc34)[C@@](C(=O)OC)(c3cc4c(cc3OC)N(C)[C@H]3C(O)(C(=O)N=[N+]=[N-])[C@H](O)[C@]5(CC)C=CCN6CCC43[C@@H]65)C2)C1. The van der Waals surface area contributed by atoms with Gasteiger partial charge in [0.2, 0.25) is 0 Å². The van der Waals surface area contributed by atoms with Gasteiger partial charge in [-0.15, -0.1) is 0 Å². The Balaban J connectivity index is 1.37. The van der Waals surface area contributed by atoms with Crippen molar-refractivity contribution >= 4 is 28.5 Å². The minimum Gasteiger partial charge on any atom is -0.496 e. The van der Waals surface area contributed by atoms with E-state index in [9.17, 15) is 25.6 Å². The van der Waals surface area contributed by atoms with E-state index in [1.807, 2.05) is 55.2 Å². The van der Waals surface area contributed by atoms with Gasteiger partial charge in [0.05, 0.1) is 25.9 Å². The van der Waals surface area contributed by atoms with E-state index >= 15 is 4.79 Å². The van der Waals surface area contributed by atoms with Crippen molar-refractivity contribution in [2.24, 2.45) is 16.4 Å². The number of likely N-dealkylation sites (N-methyl/N-ethyl adjacent to an activating group) is 1. The van der Waals surface area contributed by atoms with Gasteiger partial charge in [-0.1, -0.05) is 44.2 Å². The Labute approximate surface area is 332 Å². The summed E-state index contributed by atoms with van der Waals surface area (Å²) in [5.74, 6) is -1.28. The van der Waals surface area contributed by atoms with Gasteiger partial charge < -0.3 is 34.7 Å². The van der Waals surface area contributed by atoms with Crippen molar-refractivity contribution in [3.63, 3.8) is 0 Å². The quantitative estimate of drug-likeness (QED) is 0.0934. The Kier molecular flexibility index (Phi) is 8.72. The summed E-state index contributed by atoms with van der Waals surface area (Å²) in [5, 5.41) is 41.7. The zero-order valence-electron chi connectivity index (χ0n) is 33.4. The van der Waals surface area contributed by atoms with Crippen molar-refractivity contribution in [3.05, 3.63) is 81.4 Å². The summed E-state index contributed by atoms with van der Waals surface area (Å²) in [5.41, 5.74) is 7.34. The van der Waals surface area contributed by atoms with Gasteiger partial charge in [-0.25, -0.2) is 0 Å². The van der Waals surface area contributed by atoms with Crippen LogP contribution in [-0.4, -0.2) is 125 Å². The van der Waals surface area contributed by atoms with Crippen molar-refractivity contribution < 1.29 is 34.4 Å². The van der Waals surface area contributed by atoms with Gasteiger partial charge in [-0.3, -0.25) is 19.4 Å². The number of nitrogens with zero attached hydrogens (tertiary/aromatic N) is 6. The maximum absolute atomic E-state index is 15.2. The van der Waals surface area contributed by atoms with Crippen molar-refractivity contribution in [1.29, 1.82) is 0 Å². The minimum absolute atomic E-state index is 0.110. The summed E-state index contributed by atoms with van der Waals surface area (Å²) < 4.78 is 12.2. The molecule has 10 atom stereocenters. The molecule has 2 aromatic carbocycles. The maximum Gasteiger partial charge on any atom is 0.322 e. The number of methoxy groups -OCH3 is 2. The lowest BCUT2D eigenvalue weighted by molar-refractivity contribution is -0.201. The number of anilines is 1. The predicted octanol–water partition coefficient (Wildman–Crippen LogP) is 4.08.